The number of unbranched alkanes of at least 4 members (excludes halogenated alkanes) is 2. The highest BCUT2D eigenvalue weighted by Crippen LogP contribution is 2.16. The molecule has 0 bridgehead atoms. The summed E-state index contributed by atoms with van der Waals surface area (Å²) < 4.78 is 3.80. The molecule has 3 rings (SSSR count). The van der Waals surface area contributed by atoms with E-state index in [2.05, 4.69) is 48.3 Å². The number of halogens is 1. The second-order valence-electron chi connectivity index (χ2n) is 5.55. The first kappa shape index (κ1) is 16.6. The molecule has 0 aliphatic heterocycles. The Bertz CT molecular complexity index is 955. The van der Waals surface area contributed by atoms with Crippen molar-refractivity contribution in [3.8, 4) is 0 Å². The molecule has 0 aliphatic rings. The quantitative estimate of drug-likeness (QED) is 0.483. The van der Waals surface area contributed by atoms with E-state index in [4.69, 9.17) is 0 Å². The summed E-state index contributed by atoms with van der Waals surface area (Å²) in [6.07, 6.45) is 3.10. The van der Waals surface area contributed by atoms with Crippen LogP contribution in [0.5, 0.6) is 0 Å². The van der Waals surface area contributed by atoms with Gasteiger partial charge in [-0.1, -0.05) is 19.8 Å². The molecule has 0 saturated carbocycles. The Morgan fingerprint density at radius 1 is 1.33 bits per heavy atom. The molecule has 3 aromatic rings. The van der Waals surface area contributed by atoms with Crippen LogP contribution in [0, 0.1) is 0 Å². The number of aromatic amines is 1. The van der Waals surface area contributed by atoms with Crippen molar-refractivity contribution < 1.29 is 4.79 Å². The number of hydrogen-bond donors (Lipinski definition) is 2. The van der Waals surface area contributed by atoms with Crippen molar-refractivity contribution in [2.45, 2.75) is 46.2 Å². The first-order valence-corrected chi connectivity index (χ1v) is 8.58. The highest BCUT2D eigenvalue weighted by Gasteiger charge is 2.19. The Morgan fingerprint density at radius 2 is 2.12 bits per heavy atom. The maximum Gasteiger partial charge on any atom is 0.286 e. The number of hydrogen-bond acceptors (Lipinski definition) is 5. The van der Waals surface area contributed by atoms with Gasteiger partial charge in [-0.15, -0.1) is 10.2 Å². The maximum absolute atomic E-state index is 12.8. The third-order valence-electron chi connectivity index (χ3n) is 3.76. The Balaban J connectivity index is 2.19. The Hall–Kier alpha value is -2.23. The monoisotopic (exact) mass is 395 g/mol. The van der Waals surface area contributed by atoms with Crippen molar-refractivity contribution in [2.75, 3.05) is 0 Å². The van der Waals surface area contributed by atoms with Gasteiger partial charge in [-0.2, -0.15) is 0 Å². The smallest absolute Gasteiger partial charge is 0.286 e. The molecule has 3 aromatic heterocycles. The summed E-state index contributed by atoms with van der Waals surface area (Å²) in [5, 5.41) is 10.9. The predicted molar refractivity (Wildman–Crippen MR) is 91.6 cm³/mol. The van der Waals surface area contributed by atoms with Crippen molar-refractivity contribution >= 4 is 38.8 Å². The first-order valence-electron chi connectivity index (χ1n) is 7.79. The Labute approximate surface area is 145 Å². The van der Waals surface area contributed by atoms with Crippen molar-refractivity contribution in [2.24, 2.45) is 0 Å². The summed E-state index contributed by atoms with van der Waals surface area (Å²) in [6.45, 7) is 4.37. The minimum atomic E-state index is -0.282. The van der Waals surface area contributed by atoms with Gasteiger partial charge in [0.2, 0.25) is 11.7 Å². The van der Waals surface area contributed by atoms with Crippen molar-refractivity contribution in [1.29, 1.82) is 0 Å². The van der Waals surface area contributed by atoms with Gasteiger partial charge in [-0.25, -0.2) is 9.38 Å². The van der Waals surface area contributed by atoms with Gasteiger partial charge in [0.1, 0.15) is 0 Å². The minimum Gasteiger partial charge on any atom is -0.349 e. The molecule has 2 N–H and O–H groups in total. The highest BCUT2D eigenvalue weighted by molar-refractivity contribution is 9.10. The average molecular weight is 396 g/mol. The molecule has 128 valence electrons. The molecule has 1 amide bonds. The van der Waals surface area contributed by atoms with Crippen LogP contribution in [0.2, 0.25) is 0 Å². The normalized spacial score (nSPS) is 11.5. The molecule has 0 atom stereocenters. The number of imidazole rings is 1. The second-order valence-corrected chi connectivity index (χ2v) is 6.30. The van der Waals surface area contributed by atoms with Gasteiger partial charge in [-0.05, 0) is 22.4 Å². The number of nitrogens with one attached hydrogen (secondary N) is 2. The molecular weight excluding hydrogens is 378 g/mol. The van der Waals surface area contributed by atoms with E-state index < -0.39 is 0 Å². The number of fused-ring (bicyclic) bond motifs is 2. The van der Waals surface area contributed by atoms with E-state index in [1.807, 2.05) is 4.57 Å². The van der Waals surface area contributed by atoms with E-state index in [-0.39, 0.29) is 18.0 Å². The van der Waals surface area contributed by atoms with Gasteiger partial charge in [0.15, 0.2) is 21.7 Å². The first-order chi connectivity index (χ1) is 11.5. The van der Waals surface area contributed by atoms with Gasteiger partial charge in [0, 0.05) is 13.5 Å². The van der Waals surface area contributed by atoms with Crippen LogP contribution >= 0.6 is 15.9 Å². The summed E-state index contributed by atoms with van der Waals surface area (Å²) in [5.41, 5.74) is 0.652. The zero-order chi connectivity index (χ0) is 17.3. The molecule has 10 heteroatoms. The minimum absolute atomic E-state index is 0.140. The predicted octanol–water partition coefficient (Wildman–Crippen LogP) is 1.36. The zero-order valence-electron chi connectivity index (χ0n) is 13.5. The third-order valence-corrected chi connectivity index (χ3v) is 4.14. The second kappa shape index (κ2) is 6.71. The van der Waals surface area contributed by atoms with E-state index in [1.54, 1.807) is 0 Å². The molecule has 0 saturated heterocycles. The number of nitrogens with zero attached hydrogens (tertiary/aromatic N) is 5. The molecule has 9 nitrogen and oxygen atoms in total. The molecule has 0 spiro atoms. The summed E-state index contributed by atoms with van der Waals surface area (Å²) in [6, 6.07) is 0. The van der Waals surface area contributed by atoms with Gasteiger partial charge in [0.05, 0.1) is 6.54 Å². The average Bonchev–Trinajstić information content (AvgIpc) is 3.12. The molecule has 3 heterocycles. The number of carbonyl (C=O) groups is 1. The zero-order valence-corrected chi connectivity index (χ0v) is 15.1. The topological polar surface area (TPSA) is 110 Å². The summed E-state index contributed by atoms with van der Waals surface area (Å²) in [7, 11) is 0. The Kier molecular flexibility index (Phi) is 4.65. The van der Waals surface area contributed by atoms with Crippen LogP contribution in [0.3, 0.4) is 0 Å². The van der Waals surface area contributed by atoms with Gasteiger partial charge in [-0.3, -0.25) is 14.2 Å². The SMILES string of the molecule is CCCCCn1c2nc(Br)[nH]c2c(=O)n2c(CNC(C)=O)nnc12. The van der Waals surface area contributed by atoms with Gasteiger partial charge < -0.3 is 10.3 Å². The fraction of sp³-hybridized carbons (Fsp3) is 0.500. The summed E-state index contributed by atoms with van der Waals surface area (Å²) in [5.74, 6) is 0.630. The van der Waals surface area contributed by atoms with Gasteiger partial charge >= 0.3 is 0 Å². The molecule has 0 unspecified atom stereocenters. The van der Waals surface area contributed by atoms with E-state index in [0.29, 0.717) is 34.0 Å². The number of H-pyrrole nitrogens is 1. The van der Waals surface area contributed by atoms with Gasteiger partial charge in [0.25, 0.3) is 5.56 Å². The lowest BCUT2D eigenvalue weighted by Crippen LogP contribution is -2.25. The molecule has 0 aliphatic carbocycles. The lowest BCUT2D eigenvalue weighted by molar-refractivity contribution is -0.119. The van der Waals surface area contributed by atoms with E-state index in [0.717, 1.165) is 19.3 Å². The molecule has 0 aromatic carbocycles. The van der Waals surface area contributed by atoms with E-state index in [9.17, 15) is 9.59 Å². The molecular formula is C14H18BrN7O2. The third kappa shape index (κ3) is 2.93. The highest BCUT2D eigenvalue weighted by atomic mass is 79.9. The number of amides is 1. The fourth-order valence-electron chi connectivity index (χ4n) is 2.62. The van der Waals surface area contributed by atoms with Crippen LogP contribution in [0.15, 0.2) is 9.53 Å². The van der Waals surface area contributed by atoms with Crippen molar-refractivity contribution in [3.05, 3.63) is 20.9 Å². The van der Waals surface area contributed by atoms with Crippen molar-refractivity contribution in [1.82, 2.24) is 34.4 Å². The van der Waals surface area contributed by atoms with Crippen LogP contribution in [0.25, 0.3) is 16.9 Å². The Morgan fingerprint density at radius 3 is 2.83 bits per heavy atom. The van der Waals surface area contributed by atoms with E-state index in [1.165, 1.54) is 11.3 Å². The van der Waals surface area contributed by atoms with Crippen molar-refractivity contribution in [3.63, 3.8) is 0 Å². The molecule has 24 heavy (non-hydrogen) atoms. The van der Waals surface area contributed by atoms with E-state index >= 15 is 0 Å². The van der Waals surface area contributed by atoms with Crippen LogP contribution in [-0.2, 0) is 17.9 Å². The molecule has 0 radical (unpaired) electrons. The largest absolute Gasteiger partial charge is 0.349 e. The van der Waals surface area contributed by atoms with Crippen LogP contribution in [0.4, 0.5) is 0 Å². The fourth-order valence-corrected chi connectivity index (χ4v) is 2.99. The number of aromatic nitrogens is 6. The summed E-state index contributed by atoms with van der Waals surface area (Å²) >= 11 is 3.28. The lowest BCUT2D eigenvalue weighted by Gasteiger charge is -2.09. The molecule has 0 fully saturated rings. The number of carbonyl (C=O) groups excluding carboxylic acids is 1. The van der Waals surface area contributed by atoms with Crippen LogP contribution < -0.4 is 10.9 Å². The standard InChI is InChI=1S/C14H18BrN7O2/c1-3-4-5-6-21-11-10(17-13(15)18-11)12(24)22-9(7-16-8(2)23)19-20-14(21)22/h3-7H2,1-2H3,(H,16,23)(H,17,18). The summed E-state index contributed by atoms with van der Waals surface area (Å²) in [4.78, 5) is 31.2. The number of rotatable bonds is 6. The maximum atomic E-state index is 12.8. The lowest BCUT2D eigenvalue weighted by atomic mass is 10.2. The van der Waals surface area contributed by atoms with Crippen LogP contribution in [0.1, 0.15) is 38.9 Å². The number of aryl methyl sites for hydroxylation is 1. The van der Waals surface area contributed by atoms with Crippen LogP contribution in [-0.4, -0.2) is 35.0 Å².